The Balaban J connectivity index is 1.40. The van der Waals surface area contributed by atoms with Crippen LogP contribution in [0.3, 0.4) is 0 Å². The second kappa shape index (κ2) is 8.47. The summed E-state index contributed by atoms with van der Waals surface area (Å²) in [5.74, 6) is 1.88. The first-order valence-electron chi connectivity index (χ1n) is 10.3. The van der Waals surface area contributed by atoms with E-state index in [9.17, 15) is 4.79 Å². The number of amides is 1. The molecule has 0 aliphatic carbocycles. The minimum atomic E-state index is 0.0957. The average molecular weight is 390 g/mol. The summed E-state index contributed by atoms with van der Waals surface area (Å²) in [7, 11) is 0. The van der Waals surface area contributed by atoms with Gasteiger partial charge in [-0.15, -0.1) is 10.2 Å². The van der Waals surface area contributed by atoms with Gasteiger partial charge in [0, 0.05) is 44.8 Å². The highest BCUT2D eigenvalue weighted by molar-refractivity contribution is 5.98. The highest BCUT2D eigenvalue weighted by atomic mass is 16.2. The van der Waals surface area contributed by atoms with Crippen molar-refractivity contribution in [1.29, 1.82) is 0 Å². The quantitative estimate of drug-likeness (QED) is 0.669. The van der Waals surface area contributed by atoms with E-state index in [0.717, 1.165) is 54.2 Å². The van der Waals surface area contributed by atoms with Crippen molar-refractivity contribution >= 4 is 28.3 Å². The van der Waals surface area contributed by atoms with Gasteiger partial charge >= 0.3 is 0 Å². The number of hydrogen-bond acceptors (Lipinski definition) is 5. The summed E-state index contributed by atoms with van der Waals surface area (Å²) in [4.78, 5) is 19.3. The fourth-order valence-electron chi connectivity index (χ4n) is 3.85. The number of hydrogen-bond donors (Lipinski definition) is 0. The molecule has 4 rings (SSSR count). The SMILES string of the molecule is CCN(CC)c1ccc(N2CCN(C(=O)c3ccc4ccccc4c3)CC2)nn1. The van der Waals surface area contributed by atoms with Gasteiger partial charge in [-0.25, -0.2) is 0 Å². The van der Waals surface area contributed by atoms with Crippen LogP contribution in [0.4, 0.5) is 11.6 Å². The Morgan fingerprint density at radius 1 is 0.897 bits per heavy atom. The van der Waals surface area contributed by atoms with Gasteiger partial charge in [0.1, 0.15) is 0 Å². The molecule has 0 bridgehead atoms. The van der Waals surface area contributed by atoms with Gasteiger partial charge in [0.15, 0.2) is 11.6 Å². The molecule has 6 nitrogen and oxygen atoms in total. The van der Waals surface area contributed by atoms with Crippen LogP contribution in [0.5, 0.6) is 0 Å². The Bertz CT molecular complexity index is 976. The molecule has 1 saturated heterocycles. The first-order valence-corrected chi connectivity index (χ1v) is 10.3. The molecular weight excluding hydrogens is 362 g/mol. The Kier molecular flexibility index (Phi) is 5.60. The van der Waals surface area contributed by atoms with Gasteiger partial charge in [0.25, 0.3) is 5.91 Å². The first-order chi connectivity index (χ1) is 14.2. The summed E-state index contributed by atoms with van der Waals surface area (Å²) >= 11 is 0. The number of piperazine rings is 1. The third kappa shape index (κ3) is 4.01. The molecule has 29 heavy (non-hydrogen) atoms. The van der Waals surface area contributed by atoms with Crippen LogP contribution >= 0.6 is 0 Å². The van der Waals surface area contributed by atoms with Gasteiger partial charge < -0.3 is 14.7 Å². The number of nitrogens with zero attached hydrogens (tertiary/aromatic N) is 5. The summed E-state index contributed by atoms with van der Waals surface area (Å²) in [6, 6.07) is 18.1. The fourth-order valence-corrected chi connectivity index (χ4v) is 3.85. The Morgan fingerprint density at radius 3 is 2.28 bits per heavy atom. The zero-order chi connectivity index (χ0) is 20.2. The largest absolute Gasteiger partial charge is 0.356 e. The number of carbonyl (C=O) groups is 1. The smallest absolute Gasteiger partial charge is 0.253 e. The standard InChI is InChI=1S/C23H27N5O/c1-3-26(4-2)21-11-12-22(25-24-21)27-13-15-28(16-14-27)23(29)20-10-9-18-7-5-6-8-19(18)17-20/h5-12,17H,3-4,13-16H2,1-2H3. The van der Waals surface area contributed by atoms with E-state index < -0.39 is 0 Å². The van der Waals surface area contributed by atoms with Crippen molar-refractivity contribution in [1.82, 2.24) is 15.1 Å². The highest BCUT2D eigenvalue weighted by Gasteiger charge is 2.23. The van der Waals surface area contributed by atoms with Crippen LogP contribution in [0.1, 0.15) is 24.2 Å². The minimum Gasteiger partial charge on any atom is -0.356 e. The molecule has 1 fully saturated rings. The molecule has 0 radical (unpaired) electrons. The van der Waals surface area contributed by atoms with E-state index in [1.807, 2.05) is 53.4 Å². The van der Waals surface area contributed by atoms with E-state index >= 15 is 0 Å². The molecule has 1 amide bonds. The number of rotatable bonds is 5. The lowest BCUT2D eigenvalue weighted by molar-refractivity contribution is 0.0746. The molecular formula is C23H27N5O. The van der Waals surface area contributed by atoms with Crippen LogP contribution in [0.25, 0.3) is 10.8 Å². The molecule has 0 atom stereocenters. The molecule has 0 spiro atoms. The van der Waals surface area contributed by atoms with E-state index in [-0.39, 0.29) is 5.91 Å². The van der Waals surface area contributed by atoms with Gasteiger partial charge in [0.2, 0.25) is 0 Å². The lowest BCUT2D eigenvalue weighted by Gasteiger charge is -2.35. The molecule has 3 aromatic rings. The molecule has 150 valence electrons. The number of anilines is 2. The van der Waals surface area contributed by atoms with Crippen LogP contribution in [-0.2, 0) is 0 Å². The number of benzene rings is 2. The van der Waals surface area contributed by atoms with Crippen LogP contribution in [0, 0.1) is 0 Å². The highest BCUT2D eigenvalue weighted by Crippen LogP contribution is 2.20. The van der Waals surface area contributed by atoms with Crippen LogP contribution in [0.2, 0.25) is 0 Å². The summed E-state index contributed by atoms with van der Waals surface area (Å²) < 4.78 is 0. The Labute approximate surface area is 171 Å². The predicted molar refractivity (Wildman–Crippen MR) is 118 cm³/mol. The van der Waals surface area contributed by atoms with Gasteiger partial charge in [-0.1, -0.05) is 30.3 Å². The van der Waals surface area contributed by atoms with Crippen molar-refractivity contribution in [3.8, 4) is 0 Å². The van der Waals surface area contributed by atoms with Crippen molar-refractivity contribution in [2.75, 3.05) is 49.1 Å². The number of aromatic nitrogens is 2. The van der Waals surface area contributed by atoms with E-state index in [1.165, 1.54) is 0 Å². The van der Waals surface area contributed by atoms with Gasteiger partial charge in [-0.2, -0.15) is 0 Å². The van der Waals surface area contributed by atoms with Crippen molar-refractivity contribution in [3.63, 3.8) is 0 Å². The van der Waals surface area contributed by atoms with Crippen LogP contribution in [0.15, 0.2) is 54.6 Å². The molecule has 1 aliphatic heterocycles. The summed E-state index contributed by atoms with van der Waals surface area (Å²) in [6.45, 7) is 8.96. The molecule has 0 N–H and O–H groups in total. The maximum absolute atomic E-state index is 12.9. The van der Waals surface area contributed by atoms with Crippen LogP contribution < -0.4 is 9.80 Å². The Hall–Kier alpha value is -3.15. The second-order valence-electron chi connectivity index (χ2n) is 7.26. The van der Waals surface area contributed by atoms with Gasteiger partial charge in [-0.3, -0.25) is 4.79 Å². The molecule has 1 aromatic heterocycles. The molecule has 1 aliphatic rings. The normalized spacial score (nSPS) is 14.3. The molecule has 6 heteroatoms. The molecule has 0 saturated carbocycles. The molecule has 0 unspecified atom stereocenters. The minimum absolute atomic E-state index is 0.0957. The Morgan fingerprint density at radius 2 is 1.62 bits per heavy atom. The fraction of sp³-hybridized carbons (Fsp3) is 0.348. The maximum Gasteiger partial charge on any atom is 0.253 e. The molecule has 2 heterocycles. The van der Waals surface area contributed by atoms with E-state index in [2.05, 4.69) is 39.9 Å². The predicted octanol–water partition coefficient (Wildman–Crippen LogP) is 3.44. The molecule has 2 aromatic carbocycles. The van der Waals surface area contributed by atoms with E-state index in [1.54, 1.807) is 0 Å². The first kappa shape index (κ1) is 19.2. The van der Waals surface area contributed by atoms with E-state index in [4.69, 9.17) is 0 Å². The average Bonchev–Trinajstić information content (AvgIpc) is 2.80. The topological polar surface area (TPSA) is 52.6 Å². The van der Waals surface area contributed by atoms with Gasteiger partial charge in [0.05, 0.1) is 0 Å². The summed E-state index contributed by atoms with van der Waals surface area (Å²) in [6.07, 6.45) is 0. The third-order valence-corrected chi connectivity index (χ3v) is 5.61. The third-order valence-electron chi connectivity index (χ3n) is 5.61. The number of carbonyl (C=O) groups excluding carboxylic acids is 1. The van der Waals surface area contributed by atoms with Gasteiger partial charge in [-0.05, 0) is 48.9 Å². The summed E-state index contributed by atoms with van der Waals surface area (Å²) in [5.41, 5.74) is 0.750. The summed E-state index contributed by atoms with van der Waals surface area (Å²) in [5, 5.41) is 11.0. The lowest BCUT2D eigenvalue weighted by Crippen LogP contribution is -2.49. The van der Waals surface area contributed by atoms with Crippen molar-refractivity contribution in [2.24, 2.45) is 0 Å². The monoisotopic (exact) mass is 389 g/mol. The van der Waals surface area contributed by atoms with Crippen LogP contribution in [-0.4, -0.2) is 60.3 Å². The van der Waals surface area contributed by atoms with E-state index in [0.29, 0.717) is 13.1 Å². The van der Waals surface area contributed by atoms with Crippen molar-refractivity contribution < 1.29 is 4.79 Å². The maximum atomic E-state index is 12.9. The zero-order valence-corrected chi connectivity index (χ0v) is 17.1. The van der Waals surface area contributed by atoms with Crippen molar-refractivity contribution in [2.45, 2.75) is 13.8 Å². The zero-order valence-electron chi connectivity index (χ0n) is 17.1. The number of fused-ring (bicyclic) bond motifs is 1. The lowest BCUT2D eigenvalue weighted by atomic mass is 10.1. The second-order valence-corrected chi connectivity index (χ2v) is 7.26. The van der Waals surface area contributed by atoms with Crippen molar-refractivity contribution in [3.05, 3.63) is 60.2 Å².